The van der Waals surface area contributed by atoms with Crippen LogP contribution >= 0.6 is 0 Å². The summed E-state index contributed by atoms with van der Waals surface area (Å²) in [6.07, 6.45) is 3.94. The Morgan fingerprint density at radius 3 is 2.73 bits per heavy atom. The highest BCUT2D eigenvalue weighted by Gasteiger charge is 2.05. The monoisotopic (exact) mass is 230 g/mol. The van der Waals surface area contributed by atoms with E-state index in [-0.39, 0.29) is 18.3 Å². The molecule has 1 amide bonds. The number of carbonyl (C=O) groups is 1. The summed E-state index contributed by atoms with van der Waals surface area (Å²) < 4.78 is 0. The normalized spacial score (nSPS) is 9.20. The molecule has 1 rings (SSSR count). The number of halogens is 1. The fourth-order valence-electron chi connectivity index (χ4n) is 0.927. The number of hydrogen-bond donors (Lipinski definition) is 2. The van der Waals surface area contributed by atoms with E-state index >= 15 is 0 Å². The molecule has 1 heterocycles. The number of amides is 1. The molecule has 1 aromatic rings. The van der Waals surface area contributed by atoms with Crippen molar-refractivity contribution in [1.82, 2.24) is 15.3 Å². The van der Waals surface area contributed by atoms with E-state index < -0.39 is 0 Å². The maximum atomic E-state index is 11.4. The zero-order chi connectivity index (χ0) is 10.4. The van der Waals surface area contributed by atoms with Crippen molar-refractivity contribution in [2.24, 2.45) is 0 Å². The van der Waals surface area contributed by atoms with Gasteiger partial charge in [0, 0.05) is 19.2 Å². The predicted octanol–water partition coefficient (Wildman–Crippen LogP) is -3.85. The van der Waals surface area contributed by atoms with Crippen molar-refractivity contribution in [2.75, 3.05) is 13.1 Å². The topological polar surface area (TPSA) is 82.5 Å². The van der Waals surface area contributed by atoms with Crippen molar-refractivity contribution in [1.29, 1.82) is 0 Å². The molecule has 6 heteroatoms. The van der Waals surface area contributed by atoms with E-state index in [2.05, 4.69) is 21.0 Å². The number of carbonyl (C=O) groups excluding carboxylic acids is 1. The van der Waals surface area contributed by atoms with E-state index in [1.54, 1.807) is 6.20 Å². The van der Waals surface area contributed by atoms with Crippen LogP contribution in [0.15, 0.2) is 12.4 Å². The Hall–Kier alpha value is -1.20. The first-order chi connectivity index (χ1) is 6.74. The molecule has 15 heavy (non-hydrogen) atoms. The van der Waals surface area contributed by atoms with E-state index in [1.807, 2.05) is 6.92 Å². The highest BCUT2D eigenvalue weighted by atomic mass is 35.5. The number of aryl methyl sites for hydroxylation is 1. The van der Waals surface area contributed by atoms with Crippen molar-refractivity contribution in [3.05, 3.63) is 23.8 Å². The quantitative estimate of drug-likeness (QED) is 0.520. The number of nitrogens with zero attached hydrogens (tertiary/aromatic N) is 2. The minimum Gasteiger partial charge on any atom is -1.00 e. The van der Waals surface area contributed by atoms with Crippen molar-refractivity contribution in [3.63, 3.8) is 0 Å². The molecule has 0 aliphatic carbocycles. The number of aromatic nitrogens is 2. The van der Waals surface area contributed by atoms with E-state index in [4.69, 9.17) is 0 Å². The molecule has 0 fully saturated rings. The summed E-state index contributed by atoms with van der Waals surface area (Å²) in [5.41, 5.74) is 4.85. The second-order valence-corrected chi connectivity index (χ2v) is 3.01. The summed E-state index contributed by atoms with van der Waals surface area (Å²) in [5, 5.41) is 2.74. The van der Waals surface area contributed by atoms with Gasteiger partial charge in [-0.05, 0) is 6.92 Å². The maximum Gasteiger partial charge on any atom is 0.271 e. The van der Waals surface area contributed by atoms with Crippen molar-refractivity contribution in [3.8, 4) is 0 Å². The smallest absolute Gasteiger partial charge is 0.271 e. The number of rotatable bonds is 4. The third kappa shape index (κ3) is 4.71. The molecular weight excluding hydrogens is 216 g/mol. The highest BCUT2D eigenvalue weighted by molar-refractivity contribution is 5.91. The molecular formula is C9H15ClN4O. The molecule has 84 valence electrons. The summed E-state index contributed by atoms with van der Waals surface area (Å²) in [5.74, 6) is -0.175. The SMILES string of the molecule is Cc1cnc(C(=O)NCCC[NH3+])cn1.[Cl-]. The standard InChI is InChI=1S/C9H14N4O.ClH/c1-7-5-13-8(6-12-7)9(14)11-4-2-3-10;/h5-6H,2-4,10H2,1H3,(H,11,14);1H. The van der Waals surface area contributed by atoms with Gasteiger partial charge in [0.15, 0.2) is 0 Å². The Labute approximate surface area is 94.9 Å². The maximum absolute atomic E-state index is 11.4. The molecule has 1 aromatic heterocycles. The molecule has 0 aliphatic rings. The first-order valence-corrected chi connectivity index (χ1v) is 4.60. The minimum atomic E-state index is -0.175. The van der Waals surface area contributed by atoms with E-state index in [1.165, 1.54) is 6.20 Å². The largest absolute Gasteiger partial charge is 1.00 e. The van der Waals surface area contributed by atoms with Gasteiger partial charge in [-0.3, -0.25) is 9.78 Å². The van der Waals surface area contributed by atoms with E-state index in [9.17, 15) is 4.79 Å². The Morgan fingerprint density at radius 1 is 1.47 bits per heavy atom. The second kappa shape index (κ2) is 7.14. The van der Waals surface area contributed by atoms with Crippen LogP contribution < -0.4 is 23.5 Å². The predicted molar refractivity (Wildman–Crippen MR) is 51.5 cm³/mol. The van der Waals surface area contributed by atoms with E-state index in [0.717, 1.165) is 18.7 Å². The molecule has 0 aromatic carbocycles. The molecule has 0 saturated carbocycles. The average molecular weight is 231 g/mol. The first-order valence-electron chi connectivity index (χ1n) is 4.60. The Balaban J connectivity index is 0.00000196. The molecule has 0 bridgehead atoms. The van der Waals surface area contributed by atoms with Crippen LogP contribution in [-0.4, -0.2) is 29.0 Å². The van der Waals surface area contributed by atoms with Crippen LogP contribution in [0.5, 0.6) is 0 Å². The van der Waals surface area contributed by atoms with Crippen LogP contribution in [-0.2, 0) is 0 Å². The summed E-state index contributed by atoms with van der Waals surface area (Å²) in [6.45, 7) is 3.29. The lowest BCUT2D eigenvalue weighted by molar-refractivity contribution is -0.367. The van der Waals surface area contributed by atoms with Crippen LogP contribution in [0.25, 0.3) is 0 Å². The lowest BCUT2D eigenvalue weighted by atomic mass is 10.3. The van der Waals surface area contributed by atoms with Crippen molar-refractivity contribution >= 4 is 5.91 Å². The van der Waals surface area contributed by atoms with Gasteiger partial charge in [-0.25, -0.2) is 4.98 Å². The Kier molecular flexibility index (Phi) is 6.57. The Morgan fingerprint density at radius 2 is 2.20 bits per heavy atom. The molecule has 0 atom stereocenters. The zero-order valence-corrected chi connectivity index (χ0v) is 9.42. The Bertz CT molecular complexity index is 301. The van der Waals surface area contributed by atoms with Gasteiger partial charge in [0.25, 0.3) is 5.91 Å². The molecule has 4 N–H and O–H groups in total. The summed E-state index contributed by atoms with van der Waals surface area (Å²) in [4.78, 5) is 19.4. The summed E-state index contributed by atoms with van der Waals surface area (Å²) >= 11 is 0. The molecule has 0 unspecified atom stereocenters. The fourth-order valence-corrected chi connectivity index (χ4v) is 0.927. The van der Waals surface area contributed by atoms with Crippen LogP contribution in [0.3, 0.4) is 0 Å². The van der Waals surface area contributed by atoms with Crippen LogP contribution in [0.1, 0.15) is 22.6 Å². The van der Waals surface area contributed by atoms with Gasteiger partial charge in [-0.15, -0.1) is 0 Å². The number of nitrogens with one attached hydrogen (secondary N) is 1. The number of hydrogen-bond acceptors (Lipinski definition) is 3. The van der Waals surface area contributed by atoms with Gasteiger partial charge < -0.3 is 23.5 Å². The van der Waals surface area contributed by atoms with Crippen LogP contribution in [0, 0.1) is 6.92 Å². The van der Waals surface area contributed by atoms with Crippen molar-refractivity contribution in [2.45, 2.75) is 13.3 Å². The molecule has 0 aliphatic heterocycles. The third-order valence-electron chi connectivity index (χ3n) is 1.73. The molecule has 0 saturated heterocycles. The molecule has 0 spiro atoms. The van der Waals surface area contributed by atoms with Gasteiger partial charge in [0.2, 0.25) is 0 Å². The van der Waals surface area contributed by atoms with Crippen LogP contribution in [0.4, 0.5) is 0 Å². The third-order valence-corrected chi connectivity index (χ3v) is 1.73. The van der Waals surface area contributed by atoms with E-state index in [0.29, 0.717) is 12.2 Å². The van der Waals surface area contributed by atoms with Gasteiger partial charge in [0.1, 0.15) is 5.69 Å². The summed E-state index contributed by atoms with van der Waals surface area (Å²) in [6, 6.07) is 0. The first kappa shape index (κ1) is 13.8. The van der Waals surface area contributed by atoms with Gasteiger partial charge in [-0.1, -0.05) is 0 Å². The lowest BCUT2D eigenvalue weighted by Gasteiger charge is -2.02. The minimum absolute atomic E-state index is 0. The lowest BCUT2D eigenvalue weighted by Crippen LogP contribution is -3.00. The van der Waals surface area contributed by atoms with Gasteiger partial charge in [0.05, 0.1) is 18.4 Å². The zero-order valence-electron chi connectivity index (χ0n) is 8.66. The number of quaternary nitrogens is 1. The molecule has 5 nitrogen and oxygen atoms in total. The fraction of sp³-hybridized carbons (Fsp3) is 0.444. The van der Waals surface area contributed by atoms with Crippen molar-refractivity contribution < 1.29 is 22.9 Å². The van der Waals surface area contributed by atoms with Crippen LogP contribution in [0.2, 0.25) is 0 Å². The average Bonchev–Trinajstić information content (AvgIpc) is 2.19. The van der Waals surface area contributed by atoms with Gasteiger partial charge in [-0.2, -0.15) is 0 Å². The van der Waals surface area contributed by atoms with Gasteiger partial charge >= 0.3 is 0 Å². The molecule has 0 radical (unpaired) electrons. The second-order valence-electron chi connectivity index (χ2n) is 3.01. The summed E-state index contributed by atoms with van der Waals surface area (Å²) in [7, 11) is 0. The highest BCUT2D eigenvalue weighted by Crippen LogP contribution is 1.93.